The molecular formula is C13H22N2OS. The number of thiophene rings is 1. The third-order valence-electron chi connectivity index (χ3n) is 3.53. The molecule has 1 aliphatic heterocycles. The van der Waals surface area contributed by atoms with Crippen LogP contribution in [-0.4, -0.2) is 54.7 Å². The normalized spacial score (nSPS) is 25.8. The van der Waals surface area contributed by atoms with Gasteiger partial charge in [-0.15, -0.1) is 11.3 Å². The lowest BCUT2D eigenvalue weighted by Crippen LogP contribution is -2.41. The Kier molecular flexibility index (Phi) is 4.20. The molecule has 4 heteroatoms. The Bertz CT molecular complexity index is 366. The topological polar surface area (TPSA) is 26.7 Å². The number of aryl methyl sites for hydroxylation is 1. The molecule has 0 radical (unpaired) electrons. The van der Waals surface area contributed by atoms with Crippen LogP contribution in [0.25, 0.3) is 0 Å². The maximum Gasteiger partial charge on any atom is 0.105 e. The van der Waals surface area contributed by atoms with Gasteiger partial charge in [0.1, 0.15) is 6.10 Å². The molecule has 0 saturated carbocycles. The molecule has 0 aliphatic carbocycles. The first-order chi connectivity index (χ1) is 8.08. The van der Waals surface area contributed by atoms with E-state index >= 15 is 0 Å². The first-order valence-electron chi connectivity index (χ1n) is 6.21. The second-order valence-corrected chi connectivity index (χ2v) is 6.38. The Morgan fingerprint density at radius 1 is 1.35 bits per heavy atom. The molecule has 2 atom stereocenters. The molecule has 0 spiro atoms. The molecule has 0 bridgehead atoms. The maximum absolute atomic E-state index is 10.5. The molecule has 2 rings (SSSR count). The molecule has 1 saturated heterocycles. The van der Waals surface area contributed by atoms with Crippen molar-refractivity contribution in [1.29, 1.82) is 0 Å². The molecule has 17 heavy (non-hydrogen) atoms. The van der Waals surface area contributed by atoms with Gasteiger partial charge < -0.3 is 10.0 Å². The van der Waals surface area contributed by atoms with Crippen molar-refractivity contribution >= 4 is 11.3 Å². The highest BCUT2D eigenvalue weighted by Gasteiger charge is 2.28. The molecule has 1 fully saturated rings. The summed E-state index contributed by atoms with van der Waals surface area (Å²) in [5.74, 6) is 0. The fourth-order valence-corrected chi connectivity index (χ4v) is 3.37. The van der Waals surface area contributed by atoms with Gasteiger partial charge in [0.25, 0.3) is 0 Å². The van der Waals surface area contributed by atoms with Crippen LogP contribution in [0.3, 0.4) is 0 Å². The zero-order valence-electron chi connectivity index (χ0n) is 10.9. The summed E-state index contributed by atoms with van der Waals surface area (Å²) in [4.78, 5) is 6.97. The summed E-state index contributed by atoms with van der Waals surface area (Å²) in [6.07, 6.45) is 0.818. The summed E-state index contributed by atoms with van der Waals surface area (Å²) in [6, 6.07) is 4.35. The van der Waals surface area contributed by atoms with E-state index in [9.17, 15) is 5.11 Å². The van der Waals surface area contributed by atoms with E-state index < -0.39 is 0 Å². The summed E-state index contributed by atoms with van der Waals surface area (Å²) >= 11 is 1.70. The number of rotatable bonds is 2. The summed E-state index contributed by atoms with van der Waals surface area (Å²) in [7, 11) is 4.26. The molecule has 96 valence electrons. The van der Waals surface area contributed by atoms with E-state index in [1.807, 2.05) is 0 Å². The number of hydrogen-bond acceptors (Lipinski definition) is 4. The van der Waals surface area contributed by atoms with Crippen molar-refractivity contribution in [2.24, 2.45) is 0 Å². The molecule has 2 unspecified atom stereocenters. The number of likely N-dealkylation sites (N-methyl/N-ethyl adjacent to an activating group) is 2. The van der Waals surface area contributed by atoms with Gasteiger partial charge in [-0.1, -0.05) is 0 Å². The van der Waals surface area contributed by atoms with Crippen molar-refractivity contribution in [3.05, 3.63) is 21.9 Å². The Morgan fingerprint density at radius 2 is 2.12 bits per heavy atom. The lowest BCUT2D eigenvalue weighted by molar-refractivity contribution is 0.0596. The number of nitrogens with zero attached hydrogens (tertiary/aromatic N) is 2. The quantitative estimate of drug-likeness (QED) is 0.870. The molecule has 0 aromatic carbocycles. The number of hydrogen-bond donors (Lipinski definition) is 1. The predicted octanol–water partition coefficient (Wildman–Crippen LogP) is 1.73. The summed E-state index contributed by atoms with van der Waals surface area (Å²) in [5.41, 5.74) is 0. The molecule has 1 aliphatic rings. The van der Waals surface area contributed by atoms with E-state index in [1.54, 1.807) is 11.3 Å². The highest BCUT2D eigenvalue weighted by atomic mass is 32.1. The second kappa shape index (κ2) is 5.48. The van der Waals surface area contributed by atoms with Crippen LogP contribution in [0.15, 0.2) is 12.1 Å². The third kappa shape index (κ3) is 3.07. The lowest BCUT2D eigenvalue weighted by atomic mass is 10.1. The van der Waals surface area contributed by atoms with E-state index in [-0.39, 0.29) is 12.1 Å². The first-order valence-corrected chi connectivity index (χ1v) is 7.03. The zero-order valence-corrected chi connectivity index (χ0v) is 11.7. The van der Waals surface area contributed by atoms with Crippen LogP contribution in [-0.2, 0) is 0 Å². The van der Waals surface area contributed by atoms with Gasteiger partial charge in [0.15, 0.2) is 0 Å². The molecular weight excluding hydrogens is 232 g/mol. The van der Waals surface area contributed by atoms with E-state index in [1.165, 1.54) is 11.3 Å². The molecule has 3 nitrogen and oxygen atoms in total. The largest absolute Gasteiger partial charge is 0.386 e. The van der Waals surface area contributed by atoms with E-state index in [4.69, 9.17) is 0 Å². The molecule has 0 amide bonds. The Morgan fingerprint density at radius 3 is 2.76 bits per heavy atom. The van der Waals surface area contributed by atoms with Crippen molar-refractivity contribution in [3.63, 3.8) is 0 Å². The van der Waals surface area contributed by atoms with Gasteiger partial charge in [-0.05, 0) is 52.7 Å². The van der Waals surface area contributed by atoms with Crippen LogP contribution in [0.1, 0.15) is 22.3 Å². The maximum atomic E-state index is 10.5. The molecule has 2 heterocycles. The fraction of sp³-hybridized carbons (Fsp3) is 0.692. The van der Waals surface area contributed by atoms with Crippen LogP contribution in [0.2, 0.25) is 0 Å². The Labute approximate surface area is 108 Å². The minimum absolute atomic E-state index is 0.209. The lowest BCUT2D eigenvalue weighted by Gasteiger charge is -2.31. The minimum atomic E-state index is -0.362. The van der Waals surface area contributed by atoms with Gasteiger partial charge in [0.2, 0.25) is 0 Å². The average molecular weight is 254 g/mol. The molecule has 1 N–H and O–H groups in total. The standard InChI is InChI=1S/C13H22N2OS/c1-10-5-6-12(17-10)13(16)11-9-14(2)7-4-8-15(11)3/h5-6,11,13,16H,4,7-9H2,1-3H3. The van der Waals surface area contributed by atoms with Crippen LogP contribution in [0.5, 0.6) is 0 Å². The SMILES string of the molecule is Cc1ccc(C(O)C2CN(C)CCCN2C)s1. The molecule has 1 aromatic heterocycles. The van der Waals surface area contributed by atoms with Crippen molar-refractivity contribution in [1.82, 2.24) is 9.80 Å². The number of aliphatic hydroxyl groups is 1. The van der Waals surface area contributed by atoms with Crippen molar-refractivity contribution in [3.8, 4) is 0 Å². The van der Waals surface area contributed by atoms with Crippen LogP contribution in [0, 0.1) is 6.92 Å². The van der Waals surface area contributed by atoms with Crippen LogP contribution in [0.4, 0.5) is 0 Å². The monoisotopic (exact) mass is 254 g/mol. The van der Waals surface area contributed by atoms with Crippen molar-refractivity contribution in [2.75, 3.05) is 33.7 Å². The average Bonchev–Trinajstić information content (AvgIpc) is 2.64. The fourth-order valence-electron chi connectivity index (χ4n) is 2.45. The zero-order chi connectivity index (χ0) is 12.4. The van der Waals surface area contributed by atoms with E-state index in [2.05, 4.69) is 43.0 Å². The van der Waals surface area contributed by atoms with Gasteiger partial charge >= 0.3 is 0 Å². The molecule has 1 aromatic rings. The van der Waals surface area contributed by atoms with Gasteiger partial charge in [-0.25, -0.2) is 0 Å². The summed E-state index contributed by atoms with van der Waals surface area (Å²) < 4.78 is 0. The smallest absolute Gasteiger partial charge is 0.105 e. The Hall–Kier alpha value is -0.420. The Balaban J connectivity index is 2.13. The second-order valence-electron chi connectivity index (χ2n) is 5.06. The number of aliphatic hydroxyl groups excluding tert-OH is 1. The highest BCUT2D eigenvalue weighted by Crippen LogP contribution is 2.28. The van der Waals surface area contributed by atoms with Crippen LogP contribution < -0.4 is 0 Å². The van der Waals surface area contributed by atoms with E-state index in [0.29, 0.717) is 0 Å². The van der Waals surface area contributed by atoms with E-state index in [0.717, 1.165) is 24.5 Å². The van der Waals surface area contributed by atoms with Gasteiger partial charge in [0.05, 0.1) is 6.04 Å². The summed E-state index contributed by atoms with van der Waals surface area (Å²) in [5, 5.41) is 10.5. The third-order valence-corrected chi connectivity index (χ3v) is 4.60. The van der Waals surface area contributed by atoms with Crippen molar-refractivity contribution < 1.29 is 5.11 Å². The van der Waals surface area contributed by atoms with Crippen LogP contribution >= 0.6 is 11.3 Å². The highest BCUT2D eigenvalue weighted by molar-refractivity contribution is 7.12. The predicted molar refractivity (Wildman–Crippen MR) is 72.5 cm³/mol. The van der Waals surface area contributed by atoms with Gasteiger partial charge in [-0.3, -0.25) is 4.90 Å². The van der Waals surface area contributed by atoms with Gasteiger partial charge in [-0.2, -0.15) is 0 Å². The summed E-state index contributed by atoms with van der Waals surface area (Å²) in [6.45, 7) is 5.21. The first kappa shape index (κ1) is 13.0. The van der Waals surface area contributed by atoms with Crippen molar-refractivity contribution in [2.45, 2.75) is 25.5 Å². The van der Waals surface area contributed by atoms with Gasteiger partial charge in [0, 0.05) is 16.3 Å². The minimum Gasteiger partial charge on any atom is -0.386 e.